The summed E-state index contributed by atoms with van der Waals surface area (Å²) in [5, 5.41) is 8.23. The predicted molar refractivity (Wildman–Crippen MR) is 161 cm³/mol. The fourth-order valence-electron chi connectivity index (χ4n) is 5.39. The van der Waals surface area contributed by atoms with Crippen LogP contribution in [0, 0.1) is 35.0 Å². The van der Waals surface area contributed by atoms with Gasteiger partial charge in [0.25, 0.3) is 5.91 Å². The van der Waals surface area contributed by atoms with Gasteiger partial charge in [0.2, 0.25) is 23.4 Å². The molecule has 1 aliphatic heterocycles. The number of benzene rings is 3. The smallest absolute Gasteiger partial charge is 0.268 e. The number of carbonyl (C=O) groups is 4. The van der Waals surface area contributed by atoms with Crippen LogP contribution < -0.4 is 25.4 Å². The van der Waals surface area contributed by atoms with Gasteiger partial charge in [-0.3, -0.25) is 19.2 Å². The van der Waals surface area contributed by atoms with Crippen LogP contribution in [0.1, 0.15) is 28.9 Å². The van der Waals surface area contributed by atoms with Crippen molar-refractivity contribution in [2.45, 2.75) is 31.3 Å². The van der Waals surface area contributed by atoms with Crippen molar-refractivity contribution < 1.29 is 50.6 Å². The van der Waals surface area contributed by atoms with Crippen LogP contribution in [0.5, 0.6) is 11.5 Å². The maximum atomic E-state index is 14.2. The quantitative estimate of drug-likeness (QED) is 0.126. The van der Waals surface area contributed by atoms with E-state index in [0.29, 0.717) is 35.2 Å². The molecule has 3 amide bonds. The highest BCUT2D eigenvalue weighted by Gasteiger charge is 2.34. The third-order valence-corrected chi connectivity index (χ3v) is 7.86. The van der Waals surface area contributed by atoms with Crippen LogP contribution in [-0.4, -0.2) is 60.8 Å². The van der Waals surface area contributed by atoms with Crippen molar-refractivity contribution in [2.75, 3.05) is 20.3 Å². The minimum atomic E-state index is -1.87. The summed E-state index contributed by atoms with van der Waals surface area (Å²) in [5.41, 5.74) is 0.938. The van der Waals surface area contributed by atoms with Gasteiger partial charge in [-0.1, -0.05) is 18.2 Å². The van der Waals surface area contributed by atoms with Gasteiger partial charge in [0.15, 0.2) is 23.2 Å². The number of halogens is 5. The maximum Gasteiger partial charge on any atom is 0.268 e. The molecule has 3 aromatic carbocycles. The zero-order chi connectivity index (χ0) is 34.5. The highest BCUT2D eigenvalue weighted by Crippen LogP contribution is 2.28. The van der Waals surface area contributed by atoms with Crippen molar-refractivity contribution in [1.82, 2.24) is 20.9 Å². The number of H-pyrrole nitrogens is 1. The molecule has 4 aromatic rings. The van der Waals surface area contributed by atoms with Crippen LogP contribution in [0.15, 0.2) is 54.6 Å². The average Bonchev–Trinajstić information content (AvgIpc) is 3.69. The molecule has 1 saturated heterocycles. The van der Waals surface area contributed by atoms with E-state index in [1.165, 1.54) is 31.4 Å². The third-order valence-electron chi connectivity index (χ3n) is 7.86. The number of aromatic amines is 1. The molecule has 0 radical (unpaired) electrons. The molecule has 5 rings (SSSR count). The lowest BCUT2D eigenvalue weighted by Gasteiger charge is -2.24. The SMILES string of the molecule is COc1cccc2[nH]c(C(=O)N[C@@H](Cc3cccc(F)c3)C(=O)NC(C[C@@H]3CCNC3=O)C(=O)COc3c(F)c(F)cc(F)c3F)cc12. The molecule has 1 aliphatic rings. The number of methoxy groups -OCH3 is 1. The van der Waals surface area contributed by atoms with Crippen LogP contribution in [0.3, 0.4) is 0 Å². The number of ether oxygens (including phenoxy) is 2. The first kappa shape index (κ1) is 33.9. The van der Waals surface area contributed by atoms with Crippen LogP contribution in [-0.2, 0) is 20.8 Å². The van der Waals surface area contributed by atoms with Crippen molar-refractivity contribution in [1.29, 1.82) is 0 Å². The lowest BCUT2D eigenvalue weighted by molar-refractivity contribution is -0.131. The fourth-order valence-corrected chi connectivity index (χ4v) is 5.39. The van der Waals surface area contributed by atoms with Crippen LogP contribution >= 0.6 is 0 Å². The highest BCUT2D eigenvalue weighted by atomic mass is 19.2. The number of fused-ring (bicyclic) bond motifs is 1. The van der Waals surface area contributed by atoms with Gasteiger partial charge in [0, 0.05) is 35.9 Å². The van der Waals surface area contributed by atoms with Crippen molar-refractivity contribution >= 4 is 34.4 Å². The van der Waals surface area contributed by atoms with Crippen molar-refractivity contribution in [3.63, 3.8) is 0 Å². The molecule has 1 aromatic heterocycles. The molecule has 0 aliphatic carbocycles. The monoisotopic (exact) mass is 672 g/mol. The molecule has 48 heavy (non-hydrogen) atoms. The van der Waals surface area contributed by atoms with E-state index in [0.717, 1.165) is 6.07 Å². The van der Waals surface area contributed by atoms with Gasteiger partial charge in [0.05, 0.1) is 13.2 Å². The Kier molecular flexibility index (Phi) is 10.3. The second-order valence-corrected chi connectivity index (χ2v) is 11.1. The van der Waals surface area contributed by atoms with Gasteiger partial charge >= 0.3 is 0 Å². The molecule has 1 unspecified atom stereocenters. The molecule has 0 bridgehead atoms. The zero-order valence-corrected chi connectivity index (χ0v) is 25.3. The van der Waals surface area contributed by atoms with E-state index >= 15 is 0 Å². The number of carbonyl (C=O) groups excluding carboxylic acids is 4. The molecule has 0 spiro atoms. The number of amides is 3. The Hall–Kier alpha value is -5.47. The van der Waals surface area contributed by atoms with E-state index in [2.05, 4.69) is 20.9 Å². The number of aromatic nitrogens is 1. The molecular formula is C33H29F5N4O6. The molecule has 10 nitrogen and oxygen atoms in total. The number of ketones is 1. The molecule has 3 atom stereocenters. The van der Waals surface area contributed by atoms with E-state index in [4.69, 9.17) is 9.47 Å². The zero-order valence-electron chi connectivity index (χ0n) is 25.3. The molecule has 252 valence electrons. The van der Waals surface area contributed by atoms with Crippen LogP contribution in [0.25, 0.3) is 10.9 Å². The molecule has 1 fully saturated rings. The van der Waals surface area contributed by atoms with Crippen molar-refractivity contribution in [3.05, 3.63) is 94.9 Å². The summed E-state index contributed by atoms with van der Waals surface area (Å²) in [7, 11) is 1.46. The molecular weight excluding hydrogens is 643 g/mol. The Balaban J connectivity index is 1.40. The fraction of sp³-hybridized carbons (Fsp3) is 0.273. The largest absolute Gasteiger partial charge is 0.496 e. The summed E-state index contributed by atoms with van der Waals surface area (Å²) in [6.07, 6.45) is -0.213. The first-order chi connectivity index (χ1) is 22.9. The van der Waals surface area contributed by atoms with Gasteiger partial charge in [0.1, 0.15) is 29.9 Å². The van der Waals surface area contributed by atoms with Gasteiger partial charge in [-0.25, -0.2) is 13.2 Å². The van der Waals surface area contributed by atoms with Crippen LogP contribution in [0.2, 0.25) is 0 Å². The first-order valence-electron chi connectivity index (χ1n) is 14.7. The number of hydrogen-bond donors (Lipinski definition) is 4. The minimum absolute atomic E-state index is 0.0273. The Morgan fingerprint density at radius 1 is 0.938 bits per heavy atom. The number of nitrogens with one attached hydrogen (secondary N) is 4. The summed E-state index contributed by atoms with van der Waals surface area (Å²) in [5.74, 6) is -12.7. The van der Waals surface area contributed by atoms with Crippen molar-refractivity contribution in [3.8, 4) is 11.5 Å². The lowest BCUT2D eigenvalue weighted by atomic mass is 9.95. The second kappa shape index (κ2) is 14.5. The summed E-state index contributed by atoms with van der Waals surface area (Å²) in [6.45, 7) is -0.852. The predicted octanol–water partition coefficient (Wildman–Crippen LogP) is 3.87. The Labute approximate surface area is 270 Å². The molecule has 4 N–H and O–H groups in total. The second-order valence-electron chi connectivity index (χ2n) is 11.1. The van der Waals surface area contributed by atoms with Gasteiger partial charge in [-0.2, -0.15) is 8.78 Å². The normalized spacial score (nSPS) is 15.5. The lowest BCUT2D eigenvalue weighted by Crippen LogP contribution is -2.53. The number of rotatable bonds is 13. The van der Waals surface area contributed by atoms with E-state index in [9.17, 15) is 41.1 Å². The van der Waals surface area contributed by atoms with Gasteiger partial charge in [-0.15, -0.1) is 0 Å². The standard InChI is InChI=1S/C33H29F5N4O6/c1-47-27-7-3-6-22-19(27)13-25(40-22)33(46)42-24(11-16-4-2-5-18(34)10-16)32(45)41-23(12-17-8-9-39-31(17)44)26(43)15-48-30-28(37)20(35)14-21(36)29(30)38/h2-7,10,13-14,17,23-24,40H,8-9,11-12,15H2,1H3,(H,39,44)(H,41,45)(H,42,46)/t17-,23?,24-/m0/s1. The topological polar surface area (TPSA) is 139 Å². The molecule has 2 heterocycles. The number of Topliss-reactive ketones (excluding diaryl/α,β-unsaturated/α-hetero) is 1. The number of hydrogen-bond acceptors (Lipinski definition) is 6. The summed E-state index contributed by atoms with van der Waals surface area (Å²) < 4.78 is 79.9. The Morgan fingerprint density at radius 3 is 2.33 bits per heavy atom. The molecule has 0 saturated carbocycles. The Bertz CT molecular complexity index is 1860. The summed E-state index contributed by atoms with van der Waals surface area (Å²) in [4.78, 5) is 55.7. The van der Waals surface area contributed by atoms with Crippen LogP contribution in [0.4, 0.5) is 22.0 Å². The van der Waals surface area contributed by atoms with E-state index in [1.807, 2.05) is 0 Å². The maximum absolute atomic E-state index is 14.2. The van der Waals surface area contributed by atoms with Gasteiger partial charge in [-0.05, 0) is 48.7 Å². The Morgan fingerprint density at radius 2 is 1.67 bits per heavy atom. The van der Waals surface area contributed by atoms with E-state index in [-0.39, 0.29) is 24.6 Å². The first-order valence-corrected chi connectivity index (χ1v) is 14.7. The average molecular weight is 673 g/mol. The van der Waals surface area contributed by atoms with Gasteiger partial charge < -0.3 is 30.4 Å². The third kappa shape index (κ3) is 7.56. The van der Waals surface area contributed by atoms with E-state index in [1.54, 1.807) is 18.2 Å². The minimum Gasteiger partial charge on any atom is -0.496 e. The van der Waals surface area contributed by atoms with E-state index < -0.39 is 82.9 Å². The highest BCUT2D eigenvalue weighted by molar-refractivity contribution is 6.02. The summed E-state index contributed by atoms with van der Waals surface area (Å²) >= 11 is 0. The molecule has 15 heteroatoms. The van der Waals surface area contributed by atoms with Crippen molar-refractivity contribution in [2.24, 2.45) is 5.92 Å². The summed E-state index contributed by atoms with van der Waals surface area (Å²) in [6, 6.07) is 8.93.